The third kappa shape index (κ3) is 2.62. The molecule has 13 heavy (non-hydrogen) atoms. The average Bonchev–Trinajstić information content (AvgIpc) is 2.30. The lowest BCUT2D eigenvalue weighted by molar-refractivity contribution is -0.194. The van der Waals surface area contributed by atoms with E-state index in [-0.39, 0.29) is 5.41 Å². The van der Waals surface area contributed by atoms with Crippen molar-refractivity contribution in [3.05, 3.63) is 11.5 Å². The van der Waals surface area contributed by atoms with Crippen LogP contribution in [0.1, 0.15) is 40.5 Å². The van der Waals surface area contributed by atoms with Crippen molar-refractivity contribution in [1.29, 1.82) is 0 Å². The van der Waals surface area contributed by atoms with Gasteiger partial charge in [0.1, 0.15) is 11.5 Å². The molecule has 0 amide bonds. The molecule has 0 aromatic carbocycles. The van der Waals surface area contributed by atoms with Crippen molar-refractivity contribution in [2.45, 2.75) is 47.0 Å². The molecule has 1 atom stereocenters. The molecule has 1 rings (SSSR count). The first kappa shape index (κ1) is 10.4. The van der Waals surface area contributed by atoms with E-state index in [1.807, 2.05) is 6.92 Å². The van der Waals surface area contributed by atoms with Crippen molar-refractivity contribution >= 4 is 0 Å². The summed E-state index contributed by atoms with van der Waals surface area (Å²) in [5.41, 5.74) is 0.198. The molecule has 1 aliphatic rings. The number of hydrogen-bond acceptors (Lipinski definition) is 3. The van der Waals surface area contributed by atoms with E-state index in [0.717, 1.165) is 18.6 Å². The Morgan fingerprint density at radius 1 is 1.38 bits per heavy atom. The number of rotatable bonds is 3. The van der Waals surface area contributed by atoms with Crippen LogP contribution < -0.4 is 0 Å². The minimum absolute atomic E-state index is 0.198. The molecule has 1 aliphatic heterocycles. The predicted octanol–water partition coefficient (Wildman–Crippen LogP) is 2.37. The van der Waals surface area contributed by atoms with Crippen LogP contribution in [0.5, 0.6) is 0 Å². The van der Waals surface area contributed by atoms with Crippen LogP contribution in [-0.2, 0) is 9.47 Å². The number of ether oxygens (including phenoxy) is 2. The van der Waals surface area contributed by atoms with Crippen molar-refractivity contribution in [3.8, 4) is 0 Å². The molecule has 0 aliphatic carbocycles. The Kier molecular flexibility index (Phi) is 2.86. The summed E-state index contributed by atoms with van der Waals surface area (Å²) in [6, 6.07) is 0. The molecule has 0 aromatic heterocycles. The predicted molar refractivity (Wildman–Crippen MR) is 49.6 cm³/mol. The van der Waals surface area contributed by atoms with Gasteiger partial charge in [0.2, 0.25) is 0 Å². The Bertz CT molecular complexity index is 218. The van der Waals surface area contributed by atoms with Crippen LogP contribution >= 0.6 is 0 Å². The van der Waals surface area contributed by atoms with Crippen LogP contribution in [0.2, 0.25) is 0 Å². The van der Waals surface area contributed by atoms with E-state index in [4.69, 9.17) is 14.6 Å². The summed E-state index contributed by atoms with van der Waals surface area (Å²) in [5, 5.41) is 9.05. The summed E-state index contributed by atoms with van der Waals surface area (Å²) in [6.45, 7) is 7.20. The molecule has 3 heteroatoms. The van der Waals surface area contributed by atoms with Crippen molar-refractivity contribution in [2.75, 3.05) is 0 Å². The molecular weight excluding hydrogens is 168 g/mol. The monoisotopic (exact) mass is 186 g/mol. The maximum atomic E-state index is 9.05. The molecule has 0 bridgehead atoms. The van der Waals surface area contributed by atoms with Crippen LogP contribution in [0.3, 0.4) is 0 Å². The second kappa shape index (κ2) is 3.58. The largest absolute Gasteiger partial charge is 0.434 e. The van der Waals surface area contributed by atoms with E-state index in [1.165, 1.54) is 0 Å². The second-order valence-electron chi connectivity index (χ2n) is 4.22. The highest BCUT2D eigenvalue weighted by atomic mass is 16.8. The van der Waals surface area contributed by atoms with Crippen LogP contribution in [0, 0.1) is 5.41 Å². The quantitative estimate of drug-likeness (QED) is 0.735. The minimum atomic E-state index is -1.09. The lowest BCUT2D eigenvalue weighted by Crippen LogP contribution is -2.12. The van der Waals surface area contributed by atoms with E-state index < -0.39 is 6.48 Å². The molecule has 1 N–H and O–H groups in total. The van der Waals surface area contributed by atoms with Gasteiger partial charge in [-0.2, -0.15) is 0 Å². The van der Waals surface area contributed by atoms with E-state index in [2.05, 4.69) is 20.8 Å². The maximum absolute atomic E-state index is 9.05. The molecule has 1 unspecified atom stereocenters. The van der Waals surface area contributed by atoms with Crippen molar-refractivity contribution in [3.63, 3.8) is 0 Å². The van der Waals surface area contributed by atoms with Gasteiger partial charge in [0.15, 0.2) is 0 Å². The summed E-state index contributed by atoms with van der Waals surface area (Å²) in [5.74, 6) is 1.48. The molecule has 76 valence electrons. The van der Waals surface area contributed by atoms with Gasteiger partial charge in [0.05, 0.1) is 0 Å². The standard InChI is InChI=1S/C10H18O3/c1-5-10(3,4)6-8-7(2)12-9(11)13-8/h9,11H,5-6H2,1-4H3. The van der Waals surface area contributed by atoms with E-state index in [9.17, 15) is 0 Å². The fourth-order valence-electron chi connectivity index (χ4n) is 1.17. The maximum Gasteiger partial charge on any atom is 0.357 e. The van der Waals surface area contributed by atoms with Gasteiger partial charge in [0, 0.05) is 6.42 Å². The SMILES string of the molecule is CCC(C)(C)CC1=C(C)OC(O)O1. The zero-order chi connectivity index (χ0) is 10.1. The smallest absolute Gasteiger partial charge is 0.357 e. The van der Waals surface area contributed by atoms with Gasteiger partial charge >= 0.3 is 6.48 Å². The molecule has 0 spiro atoms. The highest BCUT2D eigenvalue weighted by Gasteiger charge is 2.27. The number of hydrogen-bond donors (Lipinski definition) is 1. The van der Waals surface area contributed by atoms with Crippen LogP contribution in [0.15, 0.2) is 11.5 Å². The first-order valence-corrected chi connectivity index (χ1v) is 4.66. The molecule has 0 saturated heterocycles. The first-order valence-electron chi connectivity index (χ1n) is 4.66. The van der Waals surface area contributed by atoms with Gasteiger partial charge in [0.25, 0.3) is 0 Å². The fraction of sp³-hybridized carbons (Fsp3) is 0.800. The Labute approximate surface area is 79.3 Å². The van der Waals surface area contributed by atoms with E-state index in [1.54, 1.807) is 0 Å². The molecular formula is C10H18O3. The van der Waals surface area contributed by atoms with Gasteiger partial charge in [-0.15, -0.1) is 0 Å². The number of allylic oxidation sites excluding steroid dienone is 2. The fourth-order valence-corrected chi connectivity index (χ4v) is 1.17. The topological polar surface area (TPSA) is 38.7 Å². The van der Waals surface area contributed by atoms with Gasteiger partial charge < -0.3 is 14.6 Å². The van der Waals surface area contributed by atoms with Gasteiger partial charge in [-0.1, -0.05) is 27.2 Å². The molecule has 0 radical (unpaired) electrons. The number of aliphatic hydroxyl groups is 1. The Morgan fingerprint density at radius 2 is 2.00 bits per heavy atom. The Morgan fingerprint density at radius 3 is 2.38 bits per heavy atom. The van der Waals surface area contributed by atoms with Crippen molar-refractivity contribution in [1.82, 2.24) is 0 Å². The molecule has 0 saturated carbocycles. The first-order chi connectivity index (χ1) is 5.94. The van der Waals surface area contributed by atoms with E-state index >= 15 is 0 Å². The minimum Gasteiger partial charge on any atom is -0.434 e. The highest BCUT2D eigenvalue weighted by molar-refractivity contribution is 5.04. The zero-order valence-corrected chi connectivity index (χ0v) is 8.76. The molecule has 3 nitrogen and oxygen atoms in total. The van der Waals surface area contributed by atoms with Crippen molar-refractivity contribution < 1.29 is 14.6 Å². The molecule has 0 aromatic rings. The average molecular weight is 186 g/mol. The second-order valence-corrected chi connectivity index (χ2v) is 4.22. The third-order valence-electron chi connectivity index (χ3n) is 2.51. The number of aliphatic hydroxyl groups excluding tert-OH is 1. The molecule has 1 heterocycles. The third-order valence-corrected chi connectivity index (χ3v) is 2.51. The van der Waals surface area contributed by atoms with E-state index in [0.29, 0.717) is 5.76 Å². The van der Waals surface area contributed by atoms with Crippen LogP contribution in [-0.4, -0.2) is 11.6 Å². The van der Waals surface area contributed by atoms with Gasteiger partial charge in [-0.3, -0.25) is 0 Å². The Hall–Kier alpha value is -0.700. The van der Waals surface area contributed by atoms with Gasteiger partial charge in [-0.25, -0.2) is 0 Å². The summed E-state index contributed by atoms with van der Waals surface area (Å²) in [4.78, 5) is 0. The highest BCUT2D eigenvalue weighted by Crippen LogP contribution is 2.34. The summed E-state index contributed by atoms with van der Waals surface area (Å²) in [6.07, 6.45) is 1.88. The van der Waals surface area contributed by atoms with Crippen molar-refractivity contribution in [2.24, 2.45) is 5.41 Å². The lowest BCUT2D eigenvalue weighted by Gasteiger charge is -2.22. The van der Waals surface area contributed by atoms with Crippen LogP contribution in [0.4, 0.5) is 0 Å². The summed E-state index contributed by atoms with van der Waals surface area (Å²) >= 11 is 0. The lowest BCUT2D eigenvalue weighted by atomic mass is 9.85. The zero-order valence-electron chi connectivity index (χ0n) is 8.76. The molecule has 0 fully saturated rings. The van der Waals surface area contributed by atoms with Gasteiger partial charge in [-0.05, 0) is 12.3 Å². The summed E-state index contributed by atoms with van der Waals surface area (Å²) < 4.78 is 10.1. The summed E-state index contributed by atoms with van der Waals surface area (Å²) in [7, 11) is 0. The Balaban J connectivity index is 2.59. The van der Waals surface area contributed by atoms with Crippen LogP contribution in [0.25, 0.3) is 0 Å². The normalized spacial score (nSPS) is 23.0.